The molecule has 2 fully saturated rings. The molecule has 2 saturated heterocycles. The van der Waals surface area contributed by atoms with Gasteiger partial charge in [-0.25, -0.2) is 9.97 Å². The minimum Gasteiger partial charge on any atom is -0.368 e. The molecule has 1 unspecified atom stereocenters. The van der Waals surface area contributed by atoms with Crippen LogP contribution in [0.5, 0.6) is 0 Å². The summed E-state index contributed by atoms with van der Waals surface area (Å²) in [5.74, 6) is 1.18. The monoisotopic (exact) mass is 474 g/mol. The van der Waals surface area contributed by atoms with Crippen LogP contribution in [0, 0.1) is 5.92 Å². The second kappa shape index (κ2) is 8.80. The molecule has 8 heteroatoms. The number of piperidine rings is 1. The van der Waals surface area contributed by atoms with Gasteiger partial charge in [-0.15, -0.1) is 0 Å². The Kier molecular flexibility index (Phi) is 5.49. The molecular formula is C26H27ClN6O. The van der Waals surface area contributed by atoms with Crippen molar-refractivity contribution in [2.45, 2.75) is 12.8 Å². The third-order valence-electron chi connectivity index (χ3n) is 7.07. The molecule has 1 atom stereocenters. The first kappa shape index (κ1) is 21.2. The average Bonchev–Trinajstić information content (AvgIpc) is 3.39. The van der Waals surface area contributed by atoms with Gasteiger partial charge in [-0.1, -0.05) is 11.6 Å². The summed E-state index contributed by atoms with van der Waals surface area (Å²) in [5.41, 5.74) is 3.94. The first-order chi connectivity index (χ1) is 16.7. The number of anilines is 2. The van der Waals surface area contributed by atoms with E-state index in [1.165, 1.54) is 0 Å². The molecule has 34 heavy (non-hydrogen) atoms. The SMILES string of the molecule is O=C(C1CCCN(c2nc3ncccc3n3cccc23)C1)N1CCN(c2ccc(Cl)cc2)CC1. The van der Waals surface area contributed by atoms with Crippen LogP contribution in [0.3, 0.4) is 0 Å². The zero-order valence-electron chi connectivity index (χ0n) is 19.0. The Morgan fingerprint density at radius 3 is 2.53 bits per heavy atom. The lowest BCUT2D eigenvalue weighted by atomic mass is 9.96. The molecule has 0 bridgehead atoms. The molecule has 3 aromatic heterocycles. The molecule has 5 heterocycles. The summed E-state index contributed by atoms with van der Waals surface area (Å²) in [7, 11) is 0. The highest BCUT2D eigenvalue weighted by molar-refractivity contribution is 6.30. The number of piperazine rings is 1. The third kappa shape index (κ3) is 3.84. The first-order valence-corrected chi connectivity index (χ1v) is 12.3. The number of hydrogen-bond donors (Lipinski definition) is 0. The molecule has 1 aromatic carbocycles. The van der Waals surface area contributed by atoms with E-state index >= 15 is 0 Å². The molecule has 2 aliphatic heterocycles. The molecule has 6 rings (SSSR count). The van der Waals surface area contributed by atoms with Gasteiger partial charge in [0.2, 0.25) is 5.91 Å². The number of pyridine rings is 1. The lowest BCUT2D eigenvalue weighted by Crippen LogP contribution is -2.52. The van der Waals surface area contributed by atoms with E-state index < -0.39 is 0 Å². The van der Waals surface area contributed by atoms with E-state index in [9.17, 15) is 4.79 Å². The van der Waals surface area contributed by atoms with Crippen LogP contribution in [0.15, 0.2) is 60.9 Å². The van der Waals surface area contributed by atoms with Gasteiger partial charge in [0.25, 0.3) is 0 Å². The van der Waals surface area contributed by atoms with Crippen molar-refractivity contribution in [2.24, 2.45) is 5.92 Å². The van der Waals surface area contributed by atoms with Gasteiger partial charge in [0.1, 0.15) is 0 Å². The molecule has 174 valence electrons. The number of benzene rings is 1. The predicted octanol–water partition coefficient (Wildman–Crippen LogP) is 4.10. The Balaban J connectivity index is 1.17. The summed E-state index contributed by atoms with van der Waals surface area (Å²) in [6.07, 6.45) is 5.74. The summed E-state index contributed by atoms with van der Waals surface area (Å²) in [5, 5.41) is 0.744. The normalized spacial score (nSPS) is 19.2. The van der Waals surface area contributed by atoms with E-state index in [1.54, 1.807) is 6.20 Å². The number of carbonyl (C=O) groups excluding carboxylic acids is 1. The quantitative estimate of drug-likeness (QED) is 0.447. The van der Waals surface area contributed by atoms with Crippen LogP contribution in [-0.2, 0) is 4.79 Å². The van der Waals surface area contributed by atoms with Crippen molar-refractivity contribution in [2.75, 3.05) is 49.1 Å². The van der Waals surface area contributed by atoms with E-state index in [-0.39, 0.29) is 11.8 Å². The number of fused-ring (bicyclic) bond motifs is 3. The molecule has 7 nitrogen and oxygen atoms in total. The lowest BCUT2D eigenvalue weighted by molar-refractivity contribution is -0.136. The predicted molar refractivity (Wildman–Crippen MR) is 136 cm³/mol. The Morgan fingerprint density at radius 1 is 0.912 bits per heavy atom. The summed E-state index contributed by atoms with van der Waals surface area (Å²) in [6, 6.07) is 16.0. The smallest absolute Gasteiger partial charge is 0.227 e. The van der Waals surface area contributed by atoms with Crippen LogP contribution in [0.1, 0.15) is 12.8 Å². The van der Waals surface area contributed by atoms with Crippen LogP contribution in [0.2, 0.25) is 5.02 Å². The summed E-state index contributed by atoms with van der Waals surface area (Å²) in [4.78, 5) is 29.5. The largest absolute Gasteiger partial charge is 0.368 e. The van der Waals surface area contributed by atoms with Crippen molar-refractivity contribution in [1.29, 1.82) is 0 Å². The van der Waals surface area contributed by atoms with Crippen molar-refractivity contribution in [3.05, 3.63) is 65.9 Å². The summed E-state index contributed by atoms with van der Waals surface area (Å²) >= 11 is 6.03. The Bertz CT molecular complexity index is 1330. The standard InChI is InChI=1S/C26H27ClN6O/c27-20-7-9-21(10-8-20)30-14-16-31(17-15-30)26(34)19-4-2-12-32(18-19)25-23-6-3-13-33(23)22-5-1-11-28-24(22)29-25/h1,3,5-11,13,19H,2,4,12,14-18H2. The van der Waals surface area contributed by atoms with Crippen molar-refractivity contribution >= 4 is 45.7 Å². The molecule has 1 amide bonds. The Hall–Kier alpha value is -3.32. The van der Waals surface area contributed by atoms with Crippen molar-refractivity contribution < 1.29 is 4.79 Å². The summed E-state index contributed by atoms with van der Waals surface area (Å²) in [6.45, 7) is 4.78. The van der Waals surface area contributed by atoms with E-state index in [2.05, 4.69) is 31.4 Å². The highest BCUT2D eigenvalue weighted by atomic mass is 35.5. The fourth-order valence-electron chi connectivity index (χ4n) is 5.29. The molecule has 4 aromatic rings. The minimum absolute atomic E-state index is 0.00734. The van der Waals surface area contributed by atoms with Gasteiger partial charge in [0.05, 0.1) is 17.0 Å². The second-order valence-corrected chi connectivity index (χ2v) is 9.56. The molecule has 2 aliphatic rings. The van der Waals surface area contributed by atoms with Crippen LogP contribution in [-0.4, -0.2) is 64.4 Å². The average molecular weight is 475 g/mol. The van der Waals surface area contributed by atoms with E-state index in [0.717, 1.165) is 78.8 Å². The minimum atomic E-state index is -0.00734. The molecule has 0 N–H and O–H groups in total. The highest BCUT2D eigenvalue weighted by Gasteiger charge is 2.32. The number of amides is 1. The van der Waals surface area contributed by atoms with Crippen molar-refractivity contribution in [3.8, 4) is 0 Å². The molecule has 0 aliphatic carbocycles. The van der Waals surface area contributed by atoms with Gasteiger partial charge < -0.3 is 19.1 Å². The van der Waals surface area contributed by atoms with Crippen molar-refractivity contribution in [3.63, 3.8) is 0 Å². The number of hydrogen-bond acceptors (Lipinski definition) is 5. The molecule has 0 saturated carbocycles. The third-order valence-corrected chi connectivity index (χ3v) is 7.32. The molecule has 0 radical (unpaired) electrons. The zero-order valence-corrected chi connectivity index (χ0v) is 19.7. The van der Waals surface area contributed by atoms with Crippen LogP contribution in [0.25, 0.3) is 16.7 Å². The number of nitrogens with zero attached hydrogens (tertiary/aromatic N) is 6. The number of rotatable bonds is 3. The number of halogens is 1. The van der Waals surface area contributed by atoms with Gasteiger partial charge in [0, 0.05) is 62.4 Å². The van der Waals surface area contributed by atoms with Gasteiger partial charge in [-0.3, -0.25) is 4.79 Å². The number of carbonyl (C=O) groups is 1. The number of aromatic nitrogens is 3. The van der Waals surface area contributed by atoms with Gasteiger partial charge in [-0.2, -0.15) is 0 Å². The van der Waals surface area contributed by atoms with Crippen molar-refractivity contribution in [1.82, 2.24) is 19.3 Å². The van der Waals surface area contributed by atoms with Gasteiger partial charge in [0.15, 0.2) is 11.5 Å². The van der Waals surface area contributed by atoms with E-state index in [4.69, 9.17) is 16.6 Å². The van der Waals surface area contributed by atoms with Crippen LogP contribution < -0.4 is 9.80 Å². The zero-order chi connectivity index (χ0) is 23.1. The summed E-state index contributed by atoms with van der Waals surface area (Å²) < 4.78 is 2.14. The first-order valence-electron chi connectivity index (χ1n) is 11.9. The van der Waals surface area contributed by atoms with E-state index in [0.29, 0.717) is 6.54 Å². The fourth-order valence-corrected chi connectivity index (χ4v) is 5.42. The maximum Gasteiger partial charge on any atom is 0.227 e. The maximum absolute atomic E-state index is 13.5. The van der Waals surface area contributed by atoms with Crippen LogP contribution >= 0.6 is 11.6 Å². The topological polar surface area (TPSA) is 57.0 Å². The van der Waals surface area contributed by atoms with Gasteiger partial charge >= 0.3 is 0 Å². The Morgan fingerprint density at radius 2 is 1.71 bits per heavy atom. The Labute approximate surface area is 203 Å². The van der Waals surface area contributed by atoms with Crippen LogP contribution in [0.4, 0.5) is 11.5 Å². The fraction of sp³-hybridized carbons (Fsp3) is 0.346. The second-order valence-electron chi connectivity index (χ2n) is 9.12. The highest BCUT2D eigenvalue weighted by Crippen LogP contribution is 2.29. The molecule has 0 spiro atoms. The lowest BCUT2D eigenvalue weighted by Gasteiger charge is -2.40. The van der Waals surface area contributed by atoms with Gasteiger partial charge in [-0.05, 0) is 61.4 Å². The molecular weight excluding hydrogens is 448 g/mol. The van der Waals surface area contributed by atoms with E-state index in [1.807, 2.05) is 47.4 Å². The maximum atomic E-state index is 13.5.